The fourth-order valence-electron chi connectivity index (χ4n) is 4.20. The van der Waals surface area contributed by atoms with Gasteiger partial charge in [0, 0.05) is 18.1 Å². The molecule has 39 heavy (non-hydrogen) atoms. The van der Waals surface area contributed by atoms with Crippen molar-refractivity contribution in [3.05, 3.63) is 95.0 Å². The van der Waals surface area contributed by atoms with Crippen LogP contribution in [-0.2, 0) is 26.2 Å². The van der Waals surface area contributed by atoms with E-state index in [1.165, 1.54) is 17.0 Å². The summed E-state index contributed by atoms with van der Waals surface area (Å²) in [5, 5.41) is 3.48. The largest absolute Gasteiger partial charge is 0.354 e. The van der Waals surface area contributed by atoms with Gasteiger partial charge in [-0.2, -0.15) is 0 Å². The van der Waals surface area contributed by atoms with Crippen molar-refractivity contribution in [1.82, 2.24) is 10.2 Å². The van der Waals surface area contributed by atoms with Crippen LogP contribution < -0.4 is 9.62 Å². The van der Waals surface area contributed by atoms with Gasteiger partial charge in [0.05, 0.1) is 10.6 Å². The minimum atomic E-state index is -4.09. The average molecular weight is 570 g/mol. The van der Waals surface area contributed by atoms with Gasteiger partial charge in [0.25, 0.3) is 10.0 Å². The van der Waals surface area contributed by atoms with Gasteiger partial charge in [-0.3, -0.25) is 13.9 Å². The van der Waals surface area contributed by atoms with E-state index < -0.39 is 28.5 Å². The summed E-state index contributed by atoms with van der Waals surface area (Å²) in [5.41, 5.74) is 1.88. The number of carbonyl (C=O) groups excluding carboxylic acids is 2. The van der Waals surface area contributed by atoms with Crippen LogP contribution in [0.15, 0.2) is 83.8 Å². The first-order valence-corrected chi connectivity index (χ1v) is 14.8. The summed E-state index contributed by atoms with van der Waals surface area (Å²) in [4.78, 5) is 28.8. The van der Waals surface area contributed by atoms with E-state index in [0.29, 0.717) is 29.2 Å². The van der Waals surface area contributed by atoms with Crippen LogP contribution in [0.1, 0.15) is 38.3 Å². The predicted molar refractivity (Wildman–Crippen MR) is 156 cm³/mol. The Labute approximate surface area is 236 Å². The Kier molecular flexibility index (Phi) is 10.5. The van der Waals surface area contributed by atoms with Crippen molar-refractivity contribution in [2.45, 2.75) is 51.6 Å². The molecule has 0 bridgehead atoms. The number of carbonyl (C=O) groups is 2. The molecular formula is C30H36ClN3O4S. The fourth-order valence-corrected chi connectivity index (χ4v) is 5.83. The Morgan fingerprint density at radius 2 is 1.54 bits per heavy atom. The Balaban J connectivity index is 2.04. The van der Waals surface area contributed by atoms with Gasteiger partial charge in [-0.15, -0.1) is 0 Å². The Morgan fingerprint density at radius 1 is 0.923 bits per heavy atom. The molecule has 0 saturated heterocycles. The third-order valence-electron chi connectivity index (χ3n) is 6.33. The lowest BCUT2D eigenvalue weighted by atomic mass is 10.1. The molecule has 2 amide bonds. The molecule has 0 radical (unpaired) electrons. The predicted octanol–water partition coefficient (Wildman–Crippen LogP) is 5.42. The van der Waals surface area contributed by atoms with Crippen molar-refractivity contribution in [1.29, 1.82) is 0 Å². The molecule has 0 aliphatic carbocycles. The maximum absolute atomic E-state index is 14.0. The molecular weight excluding hydrogens is 534 g/mol. The van der Waals surface area contributed by atoms with E-state index in [1.807, 2.05) is 26.8 Å². The van der Waals surface area contributed by atoms with Crippen LogP contribution in [0.3, 0.4) is 0 Å². The van der Waals surface area contributed by atoms with Gasteiger partial charge in [-0.25, -0.2) is 8.42 Å². The lowest BCUT2D eigenvalue weighted by Crippen LogP contribution is -2.52. The van der Waals surface area contributed by atoms with Crippen LogP contribution in [0.25, 0.3) is 0 Å². The average Bonchev–Trinajstić information content (AvgIpc) is 2.92. The number of amides is 2. The first-order valence-electron chi connectivity index (χ1n) is 13.0. The molecule has 0 aliphatic heterocycles. The standard InChI is InChI=1S/C30H36ClN3O4S/c1-5-27(30(36)32-19-22(2)3)33(20-24-15-17-25(31)18-16-24)29(35)21-34(28-14-10-9-11-23(28)4)39(37,38)26-12-7-6-8-13-26/h6-18,22,27H,5,19-21H2,1-4H3,(H,32,36)/t27-/m0/s1. The Morgan fingerprint density at radius 3 is 2.13 bits per heavy atom. The third kappa shape index (κ3) is 7.83. The van der Waals surface area contributed by atoms with Gasteiger partial charge < -0.3 is 10.2 Å². The summed E-state index contributed by atoms with van der Waals surface area (Å²) in [6, 6.07) is 21.3. The van der Waals surface area contributed by atoms with Crippen LogP contribution in [0.2, 0.25) is 5.02 Å². The molecule has 3 aromatic carbocycles. The molecule has 0 spiro atoms. The number of halogens is 1. The molecule has 0 aromatic heterocycles. The fraction of sp³-hybridized carbons (Fsp3) is 0.333. The molecule has 0 heterocycles. The van der Waals surface area contributed by atoms with E-state index in [2.05, 4.69) is 5.32 Å². The lowest BCUT2D eigenvalue weighted by Gasteiger charge is -2.33. The summed E-state index contributed by atoms with van der Waals surface area (Å²) in [6.45, 7) is 7.74. The van der Waals surface area contributed by atoms with E-state index in [9.17, 15) is 18.0 Å². The van der Waals surface area contributed by atoms with Crippen LogP contribution in [0, 0.1) is 12.8 Å². The van der Waals surface area contributed by atoms with E-state index in [0.717, 1.165) is 9.87 Å². The number of hydrogen-bond acceptors (Lipinski definition) is 4. The minimum absolute atomic E-state index is 0.0759. The van der Waals surface area contributed by atoms with E-state index in [-0.39, 0.29) is 23.3 Å². The molecule has 3 aromatic rings. The van der Waals surface area contributed by atoms with Crippen LogP contribution in [0.4, 0.5) is 5.69 Å². The summed E-state index contributed by atoms with van der Waals surface area (Å²) < 4.78 is 28.8. The first-order chi connectivity index (χ1) is 18.5. The van der Waals surface area contributed by atoms with Crippen molar-refractivity contribution < 1.29 is 18.0 Å². The highest BCUT2D eigenvalue weighted by atomic mass is 35.5. The van der Waals surface area contributed by atoms with Gasteiger partial charge in [0.2, 0.25) is 11.8 Å². The highest BCUT2D eigenvalue weighted by molar-refractivity contribution is 7.92. The van der Waals surface area contributed by atoms with Gasteiger partial charge in [0.1, 0.15) is 12.6 Å². The lowest BCUT2D eigenvalue weighted by molar-refractivity contribution is -0.140. The summed E-state index contributed by atoms with van der Waals surface area (Å²) >= 11 is 6.06. The Hall–Kier alpha value is -3.36. The van der Waals surface area contributed by atoms with E-state index in [4.69, 9.17) is 11.6 Å². The van der Waals surface area contributed by atoms with Gasteiger partial charge in [-0.05, 0) is 60.7 Å². The smallest absolute Gasteiger partial charge is 0.264 e. The van der Waals surface area contributed by atoms with Gasteiger partial charge in [0.15, 0.2) is 0 Å². The summed E-state index contributed by atoms with van der Waals surface area (Å²) in [7, 11) is -4.09. The van der Waals surface area contributed by atoms with Crippen molar-refractivity contribution in [3.63, 3.8) is 0 Å². The molecule has 9 heteroatoms. The van der Waals surface area contributed by atoms with E-state index in [1.54, 1.807) is 67.6 Å². The SMILES string of the molecule is CC[C@@H](C(=O)NCC(C)C)N(Cc1ccc(Cl)cc1)C(=O)CN(c1ccccc1C)S(=O)(=O)c1ccccc1. The summed E-state index contributed by atoms with van der Waals surface area (Å²) in [5.74, 6) is -0.527. The second-order valence-corrected chi connectivity index (χ2v) is 12.1. The number of aryl methyl sites for hydroxylation is 1. The number of benzene rings is 3. The van der Waals surface area contributed by atoms with Crippen LogP contribution >= 0.6 is 11.6 Å². The maximum Gasteiger partial charge on any atom is 0.264 e. The van der Waals surface area contributed by atoms with Crippen molar-refractivity contribution in [2.24, 2.45) is 5.92 Å². The van der Waals surface area contributed by atoms with Gasteiger partial charge >= 0.3 is 0 Å². The third-order valence-corrected chi connectivity index (χ3v) is 8.36. The number of hydrogen-bond donors (Lipinski definition) is 1. The molecule has 7 nitrogen and oxygen atoms in total. The molecule has 1 atom stereocenters. The number of para-hydroxylation sites is 1. The number of nitrogens with one attached hydrogen (secondary N) is 1. The van der Waals surface area contributed by atoms with Crippen LogP contribution in [-0.4, -0.2) is 44.3 Å². The number of nitrogens with zero attached hydrogens (tertiary/aromatic N) is 2. The highest BCUT2D eigenvalue weighted by Crippen LogP contribution is 2.27. The van der Waals surface area contributed by atoms with Crippen molar-refractivity contribution in [3.8, 4) is 0 Å². The second-order valence-electron chi connectivity index (χ2n) is 9.82. The molecule has 0 fully saturated rings. The van der Waals surface area contributed by atoms with Crippen molar-refractivity contribution in [2.75, 3.05) is 17.4 Å². The molecule has 3 rings (SSSR count). The second kappa shape index (κ2) is 13.6. The molecule has 0 saturated carbocycles. The zero-order valence-corrected chi connectivity index (χ0v) is 24.4. The van der Waals surface area contributed by atoms with E-state index >= 15 is 0 Å². The molecule has 0 unspecified atom stereocenters. The van der Waals surface area contributed by atoms with Gasteiger partial charge in [-0.1, -0.05) is 80.9 Å². The van der Waals surface area contributed by atoms with Crippen LogP contribution in [0.5, 0.6) is 0 Å². The molecule has 208 valence electrons. The number of anilines is 1. The molecule has 1 N–H and O–H groups in total. The minimum Gasteiger partial charge on any atom is -0.354 e. The molecule has 0 aliphatic rings. The normalized spacial score (nSPS) is 12.2. The van der Waals surface area contributed by atoms with Crippen molar-refractivity contribution >= 4 is 39.1 Å². The monoisotopic (exact) mass is 569 g/mol. The zero-order chi connectivity index (χ0) is 28.6. The quantitative estimate of drug-likeness (QED) is 0.315. The number of sulfonamides is 1. The summed E-state index contributed by atoms with van der Waals surface area (Å²) in [6.07, 6.45) is 0.360. The highest BCUT2D eigenvalue weighted by Gasteiger charge is 2.34. The number of rotatable bonds is 12. The first kappa shape index (κ1) is 30.2. The zero-order valence-electron chi connectivity index (χ0n) is 22.8. The Bertz CT molecular complexity index is 1360. The maximum atomic E-state index is 14.0. The topological polar surface area (TPSA) is 86.8 Å².